The first-order chi connectivity index (χ1) is 12.1. The average Bonchev–Trinajstić information content (AvgIpc) is 3.11. The van der Waals surface area contributed by atoms with Crippen LogP contribution in [0.5, 0.6) is 11.5 Å². The van der Waals surface area contributed by atoms with Crippen LogP contribution in [-0.4, -0.2) is 31.1 Å². The Labute approximate surface area is 157 Å². The Balaban J connectivity index is 2.15. The van der Waals surface area contributed by atoms with Crippen LogP contribution in [-0.2, 0) is 11.3 Å². The summed E-state index contributed by atoms with van der Waals surface area (Å²) >= 11 is 7.88. The summed E-state index contributed by atoms with van der Waals surface area (Å²) in [6.07, 6.45) is 3.30. The van der Waals surface area contributed by atoms with Crippen molar-refractivity contribution in [3.05, 3.63) is 51.2 Å². The Bertz CT molecular complexity index is 729. The van der Waals surface area contributed by atoms with Crippen LogP contribution in [0.3, 0.4) is 0 Å². The van der Waals surface area contributed by atoms with E-state index < -0.39 is 0 Å². The molecule has 0 bridgehead atoms. The molecular formula is C19H22ClNO3S. The number of likely N-dealkylation sites (N-methyl/N-ethyl adjacent to an activating group) is 1. The number of thiophene rings is 1. The first-order valence-corrected chi connectivity index (χ1v) is 9.34. The van der Waals surface area contributed by atoms with Crippen LogP contribution in [0.25, 0.3) is 6.08 Å². The number of hydrogen-bond acceptors (Lipinski definition) is 4. The van der Waals surface area contributed by atoms with Crippen molar-refractivity contribution in [1.29, 1.82) is 0 Å². The molecule has 2 rings (SSSR count). The molecule has 0 aliphatic heterocycles. The maximum absolute atomic E-state index is 12.4. The van der Waals surface area contributed by atoms with Gasteiger partial charge in [0.15, 0.2) is 11.5 Å². The molecule has 0 fully saturated rings. The number of carbonyl (C=O) groups excluding carboxylic acids is 1. The van der Waals surface area contributed by atoms with Crippen molar-refractivity contribution in [3.8, 4) is 11.5 Å². The van der Waals surface area contributed by atoms with Gasteiger partial charge < -0.3 is 14.4 Å². The summed E-state index contributed by atoms with van der Waals surface area (Å²) in [6, 6.07) is 7.58. The second-order valence-electron chi connectivity index (χ2n) is 5.23. The van der Waals surface area contributed by atoms with Gasteiger partial charge in [-0.25, -0.2) is 0 Å². The molecule has 0 atom stereocenters. The van der Waals surface area contributed by atoms with Crippen molar-refractivity contribution in [2.24, 2.45) is 0 Å². The molecule has 0 N–H and O–H groups in total. The summed E-state index contributed by atoms with van der Waals surface area (Å²) in [5.41, 5.74) is 0.787. The van der Waals surface area contributed by atoms with Crippen LogP contribution in [0.4, 0.5) is 0 Å². The van der Waals surface area contributed by atoms with Gasteiger partial charge in [-0.3, -0.25) is 4.79 Å². The molecule has 0 spiro atoms. The SMILES string of the molecule is CCOc1cc(/C=C/C(=O)N(CC)Cc2cccs2)cc(Cl)c1OC. The third-order valence-corrected chi connectivity index (χ3v) is 4.72. The van der Waals surface area contributed by atoms with Crippen molar-refractivity contribution >= 4 is 34.9 Å². The molecule has 1 heterocycles. The number of carbonyl (C=O) groups is 1. The number of nitrogens with zero attached hydrogens (tertiary/aromatic N) is 1. The van der Waals surface area contributed by atoms with Gasteiger partial charge in [0.05, 0.1) is 25.3 Å². The van der Waals surface area contributed by atoms with Crippen molar-refractivity contribution in [3.63, 3.8) is 0 Å². The fraction of sp³-hybridized carbons (Fsp3) is 0.316. The zero-order valence-electron chi connectivity index (χ0n) is 14.6. The zero-order chi connectivity index (χ0) is 18.2. The number of rotatable bonds is 8. The molecule has 0 saturated heterocycles. The highest BCUT2D eigenvalue weighted by Gasteiger charge is 2.12. The number of ether oxygens (including phenoxy) is 2. The third kappa shape index (κ3) is 5.25. The van der Waals surface area contributed by atoms with E-state index in [0.717, 1.165) is 10.4 Å². The van der Waals surface area contributed by atoms with Crippen molar-refractivity contribution in [2.45, 2.75) is 20.4 Å². The van der Waals surface area contributed by atoms with Gasteiger partial charge in [-0.15, -0.1) is 11.3 Å². The predicted molar refractivity (Wildman–Crippen MR) is 104 cm³/mol. The fourth-order valence-corrected chi connectivity index (χ4v) is 3.37. The standard InChI is InChI=1S/C19H22ClNO3S/c1-4-21(13-15-7-6-10-25-15)18(22)9-8-14-11-16(20)19(23-3)17(12-14)24-5-2/h6-12H,4-5,13H2,1-3H3/b9-8+. The van der Waals surface area contributed by atoms with Gasteiger partial charge in [0.2, 0.25) is 5.91 Å². The molecule has 1 aromatic heterocycles. The molecule has 1 aromatic carbocycles. The smallest absolute Gasteiger partial charge is 0.246 e. The van der Waals surface area contributed by atoms with E-state index in [1.54, 1.807) is 41.6 Å². The number of amides is 1. The lowest BCUT2D eigenvalue weighted by Crippen LogP contribution is -2.28. The van der Waals surface area contributed by atoms with E-state index >= 15 is 0 Å². The largest absolute Gasteiger partial charge is 0.491 e. The minimum absolute atomic E-state index is 0.0409. The van der Waals surface area contributed by atoms with E-state index in [1.165, 1.54) is 0 Å². The van der Waals surface area contributed by atoms with E-state index in [1.807, 2.05) is 37.4 Å². The predicted octanol–water partition coefficient (Wildman–Crippen LogP) is 4.87. The third-order valence-electron chi connectivity index (χ3n) is 3.57. The van der Waals surface area contributed by atoms with Crippen LogP contribution in [0, 0.1) is 0 Å². The Hall–Kier alpha value is -1.98. The fourth-order valence-electron chi connectivity index (χ4n) is 2.35. The molecule has 0 radical (unpaired) electrons. The molecule has 1 amide bonds. The lowest BCUT2D eigenvalue weighted by molar-refractivity contribution is -0.126. The van der Waals surface area contributed by atoms with Gasteiger partial charge in [0.1, 0.15) is 0 Å². The van der Waals surface area contributed by atoms with Crippen LogP contribution >= 0.6 is 22.9 Å². The van der Waals surface area contributed by atoms with E-state index in [4.69, 9.17) is 21.1 Å². The molecular weight excluding hydrogens is 358 g/mol. The zero-order valence-corrected chi connectivity index (χ0v) is 16.2. The van der Waals surface area contributed by atoms with E-state index in [0.29, 0.717) is 36.2 Å². The molecule has 25 heavy (non-hydrogen) atoms. The summed E-state index contributed by atoms with van der Waals surface area (Å²) in [7, 11) is 1.55. The number of halogens is 1. The first kappa shape index (κ1) is 19.3. The van der Waals surface area contributed by atoms with Gasteiger partial charge in [-0.1, -0.05) is 17.7 Å². The van der Waals surface area contributed by atoms with Gasteiger partial charge in [0, 0.05) is 17.5 Å². The highest BCUT2D eigenvalue weighted by atomic mass is 35.5. The summed E-state index contributed by atoms with van der Waals surface area (Å²) in [5.74, 6) is 1.02. The minimum atomic E-state index is -0.0409. The van der Waals surface area contributed by atoms with Gasteiger partial charge in [0.25, 0.3) is 0 Å². The molecule has 6 heteroatoms. The number of methoxy groups -OCH3 is 1. The normalized spacial score (nSPS) is 10.9. The van der Waals surface area contributed by atoms with Crippen molar-refractivity contribution in [1.82, 2.24) is 4.90 Å². The summed E-state index contributed by atoms with van der Waals surface area (Å²) < 4.78 is 10.8. The van der Waals surface area contributed by atoms with E-state index in [-0.39, 0.29) is 5.91 Å². The maximum Gasteiger partial charge on any atom is 0.246 e. The van der Waals surface area contributed by atoms with Crippen LogP contribution in [0.2, 0.25) is 5.02 Å². The highest BCUT2D eigenvalue weighted by molar-refractivity contribution is 7.09. The molecule has 2 aromatic rings. The second-order valence-corrected chi connectivity index (χ2v) is 6.67. The average molecular weight is 380 g/mol. The Morgan fingerprint density at radius 1 is 1.36 bits per heavy atom. The monoisotopic (exact) mass is 379 g/mol. The Morgan fingerprint density at radius 3 is 2.76 bits per heavy atom. The topological polar surface area (TPSA) is 38.8 Å². The molecule has 4 nitrogen and oxygen atoms in total. The van der Waals surface area contributed by atoms with Gasteiger partial charge >= 0.3 is 0 Å². The molecule has 0 saturated carbocycles. The lowest BCUT2D eigenvalue weighted by Gasteiger charge is -2.18. The van der Waals surface area contributed by atoms with Crippen LogP contribution in [0.1, 0.15) is 24.3 Å². The lowest BCUT2D eigenvalue weighted by atomic mass is 10.1. The second kappa shape index (κ2) is 9.49. The highest BCUT2D eigenvalue weighted by Crippen LogP contribution is 2.36. The quantitative estimate of drug-likeness (QED) is 0.614. The molecule has 0 unspecified atom stereocenters. The molecule has 0 aliphatic rings. The van der Waals surface area contributed by atoms with E-state index in [9.17, 15) is 4.79 Å². The van der Waals surface area contributed by atoms with Gasteiger partial charge in [-0.05, 0) is 49.1 Å². The number of hydrogen-bond donors (Lipinski definition) is 0. The molecule has 134 valence electrons. The summed E-state index contributed by atoms with van der Waals surface area (Å²) in [5, 5.41) is 2.46. The Kier molecular flexibility index (Phi) is 7.34. The number of benzene rings is 1. The van der Waals surface area contributed by atoms with Gasteiger partial charge in [-0.2, -0.15) is 0 Å². The molecule has 0 aliphatic carbocycles. The minimum Gasteiger partial charge on any atom is -0.491 e. The Morgan fingerprint density at radius 2 is 2.16 bits per heavy atom. The van der Waals surface area contributed by atoms with Crippen molar-refractivity contribution < 1.29 is 14.3 Å². The van der Waals surface area contributed by atoms with Crippen molar-refractivity contribution in [2.75, 3.05) is 20.3 Å². The maximum atomic E-state index is 12.4. The van der Waals surface area contributed by atoms with Crippen LogP contribution in [0.15, 0.2) is 35.7 Å². The first-order valence-electron chi connectivity index (χ1n) is 8.08. The summed E-state index contributed by atoms with van der Waals surface area (Å²) in [4.78, 5) is 15.4. The van der Waals surface area contributed by atoms with E-state index in [2.05, 4.69) is 0 Å². The summed E-state index contributed by atoms with van der Waals surface area (Å²) in [6.45, 7) is 5.63. The van der Waals surface area contributed by atoms with Crippen LogP contribution < -0.4 is 9.47 Å².